The molecule has 1 saturated heterocycles. The predicted molar refractivity (Wildman–Crippen MR) is 102 cm³/mol. The highest BCUT2D eigenvalue weighted by Crippen LogP contribution is 2.41. The summed E-state index contributed by atoms with van der Waals surface area (Å²) in [5.41, 5.74) is 2.73. The van der Waals surface area contributed by atoms with Crippen molar-refractivity contribution in [1.29, 1.82) is 0 Å². The standard InChI is InChI=1S/C20H27ClN2O3/c1-4-6-8-26-20(25)23-11-15-14-9-13(7-5-2)10-16(21)18(14)19(24)22(3)17(15)12-23/h9-10,15,17H,4-8,11-12H2,1-3H3. The topological polar surface area (TPSA) is 49.9 Å². The quantitative estimate of drug-likeness (QED) is 0.725. The Morgan fingerprint density at radius 1 is 1.27 bits per heavy atom. The maximum absolute atomic E-state index is 12.8. The number of benzene rings is 1. The summed E-state index contributed by atoms with van der Waals surface area (Å²) < 4.78 is 5.37. The van der Waals surface area contributed by atoms with Crippen molar-refractivity contribution in [3.05, 3.63) is 33.8 Å². The second-order valence-electron chi connectivity index (χ2n) is 7.25. The summed E-state index contributed by atoms with van der Waals surface area (Å²) in [5.74, 6) is 0.0243. The molecule has 0 saturated carbocycles. The minimum atomic E-state index is -0.286. The molecule has 26 heavy (non-hydrogen) atoms. The molecule has 5 nitrogen and oxygen atoms in total. The number of ether oxygens (including phenoxy) is 1. The molecule has 1 aromatic rings. The van der Waals surface area contributed by atoms with Crippen molar-refractivity contribution < 1.29 is 14.3 Å². The molecule has 0 aromatic heterocycles. The first-order chi connectivity index (χ1) is 12.5. The van der Waals surface area contributed by atoms with Crippen LogP contribution in [0.4, 0.5) is 4.79 Å². The molecule has 2 amide bonds. The van der Waals surface area contributed by atoms with Crippen LogP contribution in [0, 0.1) is 0 Å². The molecule has 0 N–H and O–H groups in total. The highest BCUT2D eigenvalue weighted by Gasteiger charge is 2.46. The van der Waals surface area contributed by atoms with Gasteiger partial charge in [-0.25, -0.2) is 4.79 Å². The number of carbonyl (C=O) groups excluding carboxylic acids is 2. The molecule has 2 heterocycles. The minimum Gasteiger partial charge on any atom is -0.449 e. The highest BCUT2D eigenvalue weighted by molar-refractivity contribution is 6.34. The van der Waals surface area contributed by atoms with Crippen LogP contribution in [-0.2, 0) is 11.2 Å². The van der Waals surface area contributed by atoms with Crippen LogP contribution in [0.5, 0.6) is 0 Å². The number of amides is 2. The lowest BCUT2D eigenvalue weighted by Gasteiger charge is -2.36. The number of likely N-dealkylation sites (tertiary alicyclic amines) is 1. The van der Waals surface area contributed by atoms with Gasteiger partial charge in [0.25, 0.3) is 5.91 Å². The predicted octanol–water partition coefficient (Wildman–Crippen LogP) is 4.08. The summed E-state index contributed by atoms with van der Waals surface area (Å²) in [4.78, 5) is 28.7. The van der Waals surface area contributed by atoms with Crippen LogP contribution < -0.4 is 0 Å². The van der Waals surface area contributed by atoms with Crippen molar-refractivity contribution >= 4 is 23.6 Å². The summed E-state index contributed by atoms with van der Waals surface area (Å²) in [6.45, 7) is 5.70. The fourth-order valence-electron chi connectivity index (χ4n) is 3.99. The first-order valence-corrected chi connectivity index (χ1v) is 9.86. The Bertz CT molecular complexity index is 707. The van der Waals surface area contributed by atoms with Gasteiger partial charge in [0, 0.05) is 26.1 Å². The van der Waals surface area contributed by atoms with Crippen molar-refractivity contribution in [2.24, 2.45) is 0 Å². The van der Waals surface area contributed by atoms with E-state index in [1.54, 1.807) is 16.8 Å². The Labute approximate surface area is 160 Å². The van der Waals surface area contributed by atoms with Crippen molar-refractivity contribution in [3.8, 4) is 0 Å². The van der Waals surface area contributed by atoms with Crippen LogP contribution >= 0.6 is 11.6 Å². The molecule has 142 valence electrons. The number of unbranched alkanes of at least 4 members (excludes halogenated alkanes) is 1. The van der Waals surface area contributed by atoms with Gasteiger partial charge < -0.3 is 14.5 Å². The van der Waals surface area contributed by atoms with Gasteiger partial charge in [0.15, 0.2) is 0 Å². The zero-order valence-electron chi connectivity index (χ0n) is 15.8. The number of carbonyl (C=O) groups is 2. The van der Waals surface area contributed by atoms with E-state index < -0.39 is 0 Å². The SMILES string of the molecule is CCCCOC(=O)N1CC2c3cc(CCC)cc(Cl)c3C(=O)N(C)C2C1. The largest absolute Gasteiger partial charge is 0.449 e. The Morgan fingerprint density at radius 3 is 2.73 bits per heavy atom. The van der Waals surface area contributed by atoms with Gasteiger partial charge in [0.05, 0.1) is 23.2 Å². The molecule has 2 atom stereocenters. The Balaban J connectivity index is 1.88. The van der Waals surface area contributed by atoms with Crippen LogP contribution in [-0.4, -0.2) is 54.6 Å². The van der Waals surface area contributed by atoms with E-state index in [1.807, 2.05) is 6.07 Å². The van der Waals surface area contributed by atoms with E-state index in [9.17, 15) is 9.59 Å². The van der Waals surface area contributed by atoms with Crippen molar-refractivity contribution in [2.45, 2.75) is 51.5 Å². The monoisotopic (exact) mass is 378 g/mol. The molecule has 2 unspecified atom stereocenters. The fraction of sp³-hybridized carbons (Fsp3) is 0.600. The summed E-state index contributed by atoms with van der Waals surface area (Å²) in [7, 11) is 1.80. The Morgan fingerprint density at radius 2 is 2.04 bits per heavy atom. The summed E-state index contributed by atoms with van der Waals surface area (Å²) in [5, 5.41) is 0.519. The van der Waals surface area contributed by atoms with Gasteiger partial charge >= 0.3 is 6.09 Å². The molecule has 0 bridgehead atoms. The molecular formula is C20H27ClN2O3. The van der Waals surface area contributed by atoms with E-state index in [1.165, 1.54) is 0 Å². The van der Waals surface area contributed by atoms with Gasteiger partial charge in [-0.2, -0.15) is 0 Å². The van der Waals surface area contributed by atoms with E-state index >= 15 is 0 Å². The number of aryl methyl sites for hydroxylation is 1. The van der Waals surface area contributed by atoms with Gasteiger partial charge in [-0.05, 0) is 30.0 Å². The smallest absolute Gasteiger partial charge is 0.409 e. The van der Waals surface area contributed by atoms with Crippen molar-refractivity contribution in [1.82, 2.24) is 9.80 Å². The molecule has 1 aromatic carbocycles. The van der Waals surface area contributed by atoms with Crippen LogP contribution in [0.15, 0.2) is 12.1 Å². The lowest BCUT2D eigenvalue weighted by Crippen LogP contribution is -2.46. The molecular weight excluding hydrogens is 352 g/mol. The van der Waals surface area contributed by atoms with Crippen LogP contribution in [0.25, 0.3) is 0 Å². The molecule has 2 aliphatic rings. The number of nitrogens with zero attached hydrogens (tertiary/aromatic N) is 2. The Hall–Kier alpha value is -1.75. The maximum atomic E-state index is 12.8. The third-order valence-corrected chi connectivity index (χ3v) is 5.72. The second kappa shape index (κ2) is 7.87. The zero-order valence-corrected chi connectivity index (χ0v) is 16.5. The lowest BCUT2D eigenvalue weighted by molar-refractivity contribution is 0.0692. The zero-order chi connectivity index (χ0) is 18.8. The first kappa shape index (κ1) is 19.0. The number of likely N-dealkylation sites (N-methyl/N-ethyl adjacent to an activating group) is 1. The minimum absolute atomic E-state index is 0.0262. The van der Waals surface area contributed by atoms with E-state index in [2.05, 4.69) is 19.9 Å². The fourth-order valence-corrected chi connectivity index (χ4v) is 4.32. The maximum Gasteiger partial charge on any atom is 0.409 e. The van der Waals surface area contributed by atoms with Crippen LogP contribution in [0.1, 0.15) is 60.5 Å². The second-order valence-corrected chi connectivity index (χ2v) is 7.66. The first-order valence-electron chi connectivity index (χ1n) is 9.49. The normalized spacial score (nSPS) is 21.6. The van der Waals surface area contributed by atoms with Gasteiger partial charge in [-0.1, -0.05) is 44.4 Å². The molecule has 0 radical (unpaired) electrons. The van der Waals surface area contributed by atoms with E-state index in [0.717, 1.165) is 36.8 Å². The third-order valence-electron chi connectivity index (χ3n) is 5.42. The molecule has 0 aliphatic carbocycles. The summed E-state index contributed by atoms with van der Waals surface area (Å²) in [6, 6.07) is 3.99. The number of fused-ring (bicyclic) bond motifs is 3. The molecule has 1 fully saturated rings. The van der Waals surface area contributed by atoms with Crippen LogP contribution in [0.2, 0.25) is 5.02 Å². The number of halogens is 1. The molecule has 0 spiro atoms. The number of hydrogen-bond acceptors (Lipinski definition) is 3. The van der Waals surface area contributed by atoms with Crippen molar-refractivity contribution in [2.75, 3.05) is 26.7 Å². The van der Waals surface area contributed by atoms with Gasteiger partial charge in [0.2, 0.25) is 0 Å². The number of hydrogen-bond donors (Lipinski definition) is 0. The molecule has 6 heteroatoms. The summed E-state index contributed by atoms with van der Waals surface area (Å²) in [6.07, 6.45) is 3.52. The third kappa shape index (κ3) is 3.41. The van der Waals surface area contributed by atoms with Crippen molar-refractivity contribution in [3.63, 3.8) is 0 Å². The van der Waals surface area contributed by atoms with Gasteiger partial charge in [0.1, 0.15) is 0 Å². The molecule has 3 rings (SSSR count). The van der Waals surface area contributed by atoms with E-state index in [-0.39, 0.29) is 24.0 Å². The summed E-state index contributed by atoms with van der Waals surface area (Å²) >= 11 is 6.46. The average molecular weight is 379 g/mol. The highest BCUT2D eigenvalue weighted by atomic mass is 35.5. The Kier molecular flexibility index (Phi) is 5.76. The molecule has 2 aliphatic heterocycles. The average Bonchev–Trinajstić information content (AvgIpc) is 3.05. The lowest BCUT2D eigenvalue weighted by atomic mass is 9.84. The van der Waals surface area contributed by atoms with Crippen LogP contribution in [0.3, 0.4) is 0 Å². The van der Waals surface area contributed by atoms with E-state index in [4.69, 9.17) is 16.3 Å². The van der Waals surface area contributed by atoms with Gasteiger partial charge in [-0.3, -0.25) is 4.79 Å². The van der Waals surface area contributed by atoms with E-state index in [0.29, 0.717) is 30.3 Å². The van der Waals surface area contributed by atoms with Gasteiger partial charge in [-0.15, -0.1) is 0 Å². The number of rotatable bonds is 5.